The first-order valence-corrected chi connectivity index (χ1v) is 9.08. The Morgan fingerprint density at radius 3 is 2.50 bits per heavy atom. The van der Waals surface area contributed by atoms with Gasteiger partial charge in [0.05, 0.1) is 21.1 Å². The summed E-state index contributed by atoms with van der Waals surface area (Å²) in [6, 6.07) is 9.44. The zero-order valence-electron chi connectivity index (χ0n) is 14.0. The average molecular weight is 416 g/mol. The number of benzene rings is 1. The fourth-order valence-electron chi connectivity index (χ4n) is 2.32. The van der Waals surface area contributed by atoms with Gasteiger partial charge in [-0.25, -0.2) is 9.78 Å². The summed E-state index contributed by atoms with van der Waals surface area (Å²) in [5, 5.41) is 2.87. The summed E-state index contributed by atoms with van der Waals surface area (Å²) < 4.78 is 4.98. The molecule has 1 aromatic heterocycles. The van der Waals surface area contributed by atoms with Gasteiger partial charge in [0.25, 0.3) is 5.91 Å². The molecule has 0 aliphatic heterocycles. The predicted octanol–water partition coefficient (Wildman–Crippen LogP) is 4.86. The van der Waals surface area contributed by atoms with Gasteiger partial charge in [0.15, 0.2) is 12.3 Å². The number of aromatic nitrogens is 1. The predicted molar refractivity (Wildman–Crippen MR) is 102 cm³/mol. The Balaban J connectivity index is 1.97. The fraction of sp³-hybridized carbons (Fsp3) is 0.278. The third kappa shape index (κ3) is 5.34. The van der Waals surface area contributed by atoms with Crippen LogP contribution in [0.4, 0.5) is 0 Å². The van der Waals surface area contributed by atoms with Crippen LogP contribution in [0.3, 0.4) is 0 Å². The SMILES string of the molecule is CCC[C@@H](NC(=O)COC(=O)c1ncc(Cl)c(Cl)c1Cl)c1ccccc1. The van der Waals surface area contributed by atoms with Crippen LogP contribution < -0.4 is 5.32 Å². The third-order valence-electron chi connectivity index (χ3n) is 3.56. The summed E-state index contributed by atoms with van der Waals surface area (Å²) in [5.74, 6) is -1.27. The van der Waals surface area contributed by atoms with E-state index >= 15 is 0 Å². The quantitative estimate of drug-likeness (QED) is 0.656. The number of rotatable bonds is 7. The highest BCUT2D eigenvalue weighted by Gasteiger charge is 2.20. The highest BCUT2D eigenvalue weighted by molar-refractivity contribution is 6.48. The molecular weight excluding hydrogens is 399 g/mol. The number of pyridine rings is 1. The first kappa shape index (κ1) is 20.5. The lowest BCUT2D eigenvalue weighted by molar-refractivity contribution is -0.125. The number of nitrogens with one attached hydrogen (secondary N) is 1. The minimum Gasteiger partial charge on any atom is -0.451 e. The molecule has 1 N–H and O–H groups in total. The van der Waals surface area contributed by atoms with Crippen LogP contribution in [-0.4, -0.2) is 23.5 Å². The normalized spacial score (nSPS) is 11.7. The van der Waals surface area contributed by atoms with Crippen molar-refractivity contribution in [3.8, 4) is 0 Å². The number of halogens is 3. The maximum absolute atomic E-state index is 12.2. The Hall–Kier alpha value is -1.82. The average Bonchev–Trinajstić information content (AvgIpc) is 2.64. The molecule has 0 fully saturated rings. The Kier molecular flexibility index (Phi) is 7.69. The van der Waals surface area contributed by atoms with E-state index in [0.717, 1.165) is 18.4 Å². The van der Waals surface area contributed by atoms with Gasteiger partial charge in [-0.2, -0.15) is 0 Å². The van der Waals surface area contributed by atoms with Gasteiger partial charge in [-0.1, -0.05) is 78.5 Å². The molecule has 0 saturated carbocycles. The third-order valence-corrected chi connectivity index (χ3v) is 4.80. The second kappa shape index (κ2) is 9.76. The number of carbonyl (C=O) groups excluding carboxylic acids is 2. The molecule has 0 aliphatic rings. The molecule has 8 heteroatoms. The minimum absolute atomic E-state index is 0.00632. The Labute approximate surface area is 166 Å². The van der Waals surface area contributed by atoms with Crippen molar-refractivity contribution in [3.05, 3.63) is 62.9 Å². The van der Waals surface area contributed by atoms with E-state index in [1.54, 1.807) is 0 Å². The minimum atomic E-state index is -0.851. The van der Waals surface area contributed by atoms with Crippen molar-refractivity contribution in [3.63, 3.8) is 0 Å². The van der Waals surface area contributed by atoms with Crippen LogP contribution in [0.25, 0.3) is 0 Å². The van der Waals surface area contributed by atoms with Crippen molar-refractivity contribution in [2.24, 2.45) is 0 Å². The lowest BCUT2D eigenvalue weighted by atomic mass is 10.0. The van der Waals surface area contributed by atoms with Crippen molar-refractivity contribution >= 4 is 46.7 Å². The largest absolute Gasteiger partial charge is 0.451 e. The van der Waals surface area contributed by atoms with E-state index < -0.39 is 18.5 Å². The maximum atomic E-state index is 12.2. The van der Waals surface area contributed by atoms with Gasteiger partial charge < -0.3 is 10.1 Å². The van der Waals surface area contributed by atoms with Gasteiger partial charge in [0, 0.05) is 6.20 Å². The van der Waals surface area contributed by atoms with Crippen LogP contribution in [0.5, 0.6) is 0 Å². The maximum Gasteiger partial charge on any atom is 0.359 e. The van der Waals surface area contributed by atoms with Crippen LogP contribution in [0.1, 0.15) is 41.9 Å². The fourth-order valence-corrected chi connectivity index (χ4v) is 2.88. The van der Waals surface area contributed by atoms with Gasteiger partial charge in [0.1, 0.15) is 0 Å². The second-order valence-electron chi connectivity index (χ2n) is 5.48. The van der Waals surface area contributed by atoms with E-state index in [2.05, 4.69) is 10.3 Å². The summed E-state index contributed by atoms with van der Waals surface area (Å²) >= 11 is 17.6. The van der Waals surface area contributed by atoms with E-state index in [1.165, 1.54) is 6.20 Å². The van der Waals surface area contributed by atoms with Crippen molar-refractivity contribution in [1.82, 2.24) is 10.3 Å². The number of ether oxygens (including phenoxy) is 1. The zero-order chi connectivity index (χ0) is 19.1. The highest BCUT2D eigenvalue weighted by atomic mass is 35.5. The molecule has 0 radical (unpaired) electrons. The van der Waals surface area contributed by atoms with Gasteiger partial charge in [-0.15, -0.1) is 0 Å². The summed E-state index contributed by atoms with van der Waals surface area (Å²) in [4.78, 5) is 28.0. The standard InChI is InChI=1S/C18H17Cl3N2O3/c1-2-6-13(11-7-4-3-5-8-11)23-14(24)10-26-18(25)17-16(21)15(20)12(19)9-22-17/h3-5,7-9,13H,2,6,10H2,1H3,(H,23,24)/t13-/m1/s1. The van der Waals surface area contributed by atoms with E-state index in [9.17, 15) is 9.59 Å². The molecule has 1 heterocycles. The van der Waals surface area contributed by atoms with Crippen LogP contribution in [0, 0.1) is 0 Å². The number of nitrogens with zero attached hydrogens (tertiary/aromatic N) is 1. The number of amides is 1. The molecular formula is C18H17Cl3N2O3. The molecule has 2 rings (SSSR count). The molecule has 0 saturated heterocycles. The zero-order valence-corrected chi connectivity index (χ0v) is 16.2. The van der Waals surface area contributed by atoms with Crippen LogP contribution >= 0.6 is 34.8 Å². The molecule has 138 valence electrons. The molecule has 5 nitrogen and oxygen atoms in total. The van der Waals surface area contributed by atoms with E-state index in [4.69, 9.17) is 39.5 Å². The topological polar surface area (TPSA) is 68.3 Å². The van der Waals surface area contributed by atoms with Gasteiger partial charge in [-0.3, -0.25) is 4.79 Å². The van der Waals surface area contributed by atoms with Crippen molar-refractivity contribution in [2.45, 2.75) is 25.8 Å². The van der Waals surface area contributed by atoms with Crippen molar-refractivity contribution < 1.29 is 14.3 Å². The van der Waals surface area contributed by atoms with E-state index in [0.29, 0.717) is 0 Å². The molecule has 2 aromatic rings. The monoisotopic (exact) mass is 414 g/mol. The molecule has 0 spiro atoms. The van der Waals surface area contributed by atoms with Crippen molar-refractivity contribution in [2.75, 3.05) is 6.61 Å². The highest BCUT2D eigenvalue weighted by Crippen LogP contribution is 2.31. The number of esters is 1. The van der Waals surface area contributed by atoms with Gasteiger partial charge in [0.2, 0.25) is 0 Å². The van der Waals surface area contributed by atoms with Gasteiger partial charge >= 0.3 is 5.97 Å². The first-order chi connectivity index (χ1) is 12.4. The van der Waals surface area contributed by atoms with E-state index in [1.807, 2.05) is 37.3 Å². The smallest absolute Gasteiger partial charge is 0.359 e. The molecule has 26 heavy (non-hydrogen) atoms. The summed E-state index contributed by atoms with van der Waals surface area (Å²) in [6.07, 6.45) is 2.85. The molecule has 0 aliphatic carbocycles. The molecule has 1 aromatic carbocycles. The van der Waals surface area contributed by atoms with E-state index in [-0.39, 0.29) is 26.8 Å². The Morgan fingerprint density at radius 2 is 1.85 bits per heavy atom. The Morgan fingerprint density at radius 1 is 1.15 bits per heavy atom. The van der Waals surface area contributed by atoms with Crippen LogP contribution in [0.15, 0.2) is 36.5 Å². The lowest BCUT2D eigenvalue weighted by Gasteiger charge is -2.18. The summed E-state index contributed by atoms with van der Waals surface area (Å²) in [6.45, 7) is 1.57. The summed E-state index contributed by atoms with van der Waals surface area (Å²) in [5.41, 5.74) is 0.797. The molecule has 1 amide bonds. The van der Waals surface area contributed by atoms with Crippen LogP contribution in [-0.2, 0) is 9.53 Å². The molecule has 1 atom stereocenters. The van der Waals surface area contributed by atoms with Gasteiger partial charge in [-0.05, 0) is 12.0 Å². The summed E-state index contributed by atoms with van der Waals surface area (Å²) in [7, 11) is 0. The van der Waals surface area contributed by atoms with Crippen molar-refractivity contribution in [1.29, 1.82) is 0 Å². The second-order valence-corrected chi connectivity index (χ2v) is 6.64. The van der Waals surface area contributed by atoms with Crippen LogP contribution in [0.2, 0.25) is 15.1 Å². The first-order valence-electron chi connectivity index (χ1n) is 7.95. The molecule has 0 unspecified atom stereocenters. The number of carbonyl (C=O) groups is 2. The Bertz CT molecular complexity index is 785. The lowest BCUT2D eigenvalue weighted by Crippen LogP contribution is -2.32. The number of hydrogen-bond donors (Lipinski definition) is 1. The molecule has 0 bridgehead atoms. The number of hydrogen-bond acceptors (Lipinski definition) is 4.